The lowest BCUT2D eigenvalue weighted by Crippen LogP contribution is -2.13. The zero-order valence-electron chi connectivity index (χ0n) is 7.44. The van der Waals surface area contributed by atoms with Crippen LogP contribution < -0.4 is 4.13 Å². The number of hydrogen-bond donors (Lipinski definition) is 1. The van der Waals surface area contributed by atoms with E-state index in [9.17, 15) is 8.42 Å². The Bertz CT molecular complexity index is 387. The highest BCUT2D eigenvalue weighted by molar-refractivity contribution is 8.09. The van der Waals surface area contributed by atoms with Crippen molar-refractivity contribution in [2.24, 2.45) is 0 Å². The van der Waals surface area contributed by atoms with Crippen LogP contribution in [0.25, 0.3) is 0 Å². The van der Waals surface area contributed by atoms with Crippen LogP contribution in [0.15, 0.2) is 29.2 Å². The molecule has 3 nitrogen and oxygen atoms in total. The molecule has 0 saturated carbocycles. The predicted molar refractivity (Wildman–Crippen MR) is 55.0 cm³/mol. The standard InChI is InChI=1S/C8H11NO2S2/c1-7-5-3-4-6-8(7)12-9-13(2,10)11/h3-6,9H,1-2H3. The number of hydrogen-bond acceptors (Lipinski definition) is 3. The topological polar surface area (TPSA) is 46.2 Å². The van der Waals surface area contributed by atoms with Gasteiger partial charge in [0.2, 0.25) is 10.0 Å². The molecule has 0 spiro atoms. The Morgan fingerprint density at radius 2 is 1.92 bits per heavy atom. The highest BCUT2D eigenvalue weighted by atomic mass is 32.3. The van der Waals surface area contributed by atoms with Gasteiger partial charge in [0.1, 0.15) is 0 Å². The summed E-state index contributed by atoms with van der Waals surface area (Å²) in [6, 6.07) is 7.60. The van der Waals surface area contributed by atoms with Gasteiger partial charge in [0.15, 0.2) is 0 Å². The minimum atomic E-state index is -3.13. The van der Waals surface area contributed by atoms with E-state index in [0.717, 1.165) is 28.7 Å². The van der Waals surface area contributed by atoms with Gasteiger partial charge in [-0.25, -0.2) is 8.42 Å². The summed E-state index contributed by atoms with van der Waals surface area (Å²) in [6.07, 6.45) is 1.14. The summed E-state index contributed by atoms with van der Waals surface area (Å²) in [5.41, 5.74) is 1.06. The fraction of sp³-hybridized carbons (Fsp3) is 0.250. The van der Waals surface area contributed by atoms with Crippen LogP contribution >= 0.6 is 11.9 Å². The van der Waals surface area contributed by atoms with Crippen molar-refractivity contribution in [1.82, 2.24) is 4.13 Å². The molecule has 1 N–H and O–H groups in total. The van der Waals surface area contributed by atoms with Crippen LogP contribution in [0.2, 0.25) is 0 Å². The molecule has 0 saturated heterocycles. The van der Waals surface area contributed by atoms with Gasteiger partial charge in [0.05, 0.1) is 6.26 Å². The van der Waals surface area contributed by atoms with Gasteiger partial charge in [-0.1, -0.05) is 18.2 Å². The maximum absolute atomic E-state index is 10.8. The molecular formula is C8H11NO2S2. The molecule has 13 heavy (non-hydrogen) atoms. The fourth-order valence-electron chi connectivity index (χ4n) is 0.792. The van der Waals surface area contributed by atoms with Gasteiger partial charge in [-0.05, 0) is 30.5 Å². The van der Waals surface area contributed by atoms with Gasteiger partial charge < -0.3 is 0 Å². The SMILES string of the molecule is Cc1ccccc1SNS(C)(=O)=O. The first-order valence-electron chi connectivity index (χ1n) is 3.68. The van der Waals surface area contributed by atoms with Gasteiger partial charge >= 0.3 is 0 Å². The molecule has 1 rings (SSSR count). The predicted octanol–water partition coefficient (Wildman–Crippen LogP) is 1.55. The molecule has 0 radical (unpaired) electrons. The molecule has 0 amide bonds. The van der Waals surface area contributed by atoms with Crippen molar-refractivity contribution in [2.45, 2.75) is 11.8 Å². The maximum Gasteiger partial charge on any atom is 0.218 e. The highest BCUT2D eigenvalue weighted by Gasteiger charge is 2.02. The van der Waals surface area contributed by atoms with Crippen molar-refractivity contribution >= 4 is 22.0 Å². The second kappa shape index (κ2) is 4.13. The molecule has 0 heterocycles. The van der Waals surface area contributed by atoms with E-state index in [-0.39, 0.29) is 0 Å². The van der Waals surface area contributed by atoms with E-state index in [4.69, 9.17) is 0 Å². The minimum Gasteiger partial charge on any atom is -0.212 e. The van der Waals surface area contributed by atoms with Crippen molar-refractivity contribution in [3.05, 3.63) is 29.8 Å². The first-order chi connectivity index (χ1) is 5.99. The third-order valence-electron chi connectivity index (χ3n) is 1.40. The van der Waals surface area contributed by atoms with Gasteiger partial charge in [0.25, 0.3) is 0 Å². The molecule has 1 aromatic carbocycles. The highest BCUT2D eigenvalue weighted by Crippen LogP contribution is 2.18. The summed E-state index contributed by atoms with van der Waals surface area (Å²) in [5.74, 6) is 0. The Balaban J connectivity index is 2.71. The third-order valence-corrected chi connectivity index (χ3v) is 3.62. The van der Waals surface area contributed by atoms with Gasteiger partial charge in [-0.3, -0.25) is 0 Å². The molecular weight excluding hydrogens is 206 g/mol. The number of nitrogens with one attached hydrogen (secondary N) is 1. The quantitative estimate of drug-likeness (QED) is 0.781. The average Bonchev–Trinajstić information content (AvgIpc) is 2.01. The molecule has 1 aromatic rings. The molecule has 0 fully saturated rings. The van der Waals surface area contributed by atoms with Crippen LogP contribution in [-0.4, -0.2) is 14.7 Å². The van der Waals surface area contributed by atoms with Crippen LogP contribution in [0.5, 0.6) is 0 Å². The molecule has 0 aromatic heterocycles. The molecule has 0 unspecified atom stereocenters. The van der Waals surface area contributed by atoms with Crippen LogP contribution in [0.4, 0.5) is 0 Å². The van der Waals surface area contributed by atoms with E-state index in [2.05, 4.69) is 4.13 Å². The average molecular weight is 217 g/mol. The Morgan fingerprint density at radius 1 is 1.31 bits per heavy atom. The summed E-state index contributed by atoms with van der Waals surface area (Å²) in [4.78, 5) is 0.924. The Labute approximate surface area is 82.7 Å². The summed E-state index contributed by atoms with van der Waals surface area (Å²) in [6.45, 7) is 1.94. The number of aryl methyl sites for hydroxylation is 1. The van der Waals surface area contributed by atoms with E-state index < -0.39 is 10.0 Å². The van der Waals surface area contributed by atoms with E-state index in [1.165, 1.54) is 0 Å². The minimum absolute atomic E-state index is 0.924. The van der Waals surface area contributed by atoms with E-state index >= 15 is 0 Å². The number of sulfonamides is 1. The summed E-state index contributed by atoms with van der Waals surface area (Å²) >= 11 is 1.12. The van der Waals surface area contributed by atoms with E-state index in [0.29, 0.717) is 0 Å². The summed E-state index contributed by atoms with van der Waals surface area (Å²) < 4.78 is 23.9. The lowest BCUT2D eigenvalue weighted by atomic mass is 10.2. The molecule has 0 aliphatic carbocycles. The molecule has 0 aliphatic rings. The van der Waals surface area contributed by atoms with Crippen molar-refractivity contribution in [1.29, 1.82) is 0 Å². The van der Waals surface area contributed by atoms with Crippen molar-refractivity contribution in [3.8, 4) is 0 Å². The molecule has 0 atom stereocenters. The molecule has 0 bridgehead atoms. The summed E-state index contributed by atoms with van der Waals surface area (Å²) in [5, 5.41) is 0. The third kappa shape index (κ3) is 3.80. The largest absolute Gasteiger partial charge is 0.218 e. The fourth-order valence-corrected chi connectivity index (χ4v) is 2.13. The first kappa shape index (κ1) is 10.6. The lowest BCUT2D eigenvalue weighted by molar-refractivity contribution is 0.600. The van der Waals surface area contributed by atoms with Crippen LogP contribution in [-0.2, 0) is 10.0 Å². The molecule has 0 aliphatic heterocycles. The Hall–Kier alpha value is -0.520. The number of rotatable bonds is 3. The van der Waals surface area contributed by atoms with Crippen molar-refractivity contribution < 1.29 is 8.42 Å². The van der Waals surface area contributed by atoms with E-state index in [1.54, 1.807) is 0 Å². The second-order valence-corrected chi connectivity index (χ2v) is 5.58. The molecule has 72 valence electrons. The molecule has 5 heteroatoms. The number of benzene rings is 1. The van der Waals surface area contributed by atoms with Crippen molar-refractivity contribution in [2.75, 3.05) is 6.26 Å². The normalized spacial score (nSPS) is 11.5. The van der Waals surface area contributed by atoms with Crippen molar-refractivity contribution in [3.63, 3.8) is 0 Å². The van der Waals surface area contributed by atoms with E-state index in [1.807, 2.05) is 31.2 Å². The van der Waals surface area contributed by atoms with Gasteiger partial charge in [0, 0.05) is 4.90 Å². The first-order valence-corrected chi connectivity index (χ1v) is 6.39. The lowest BCUT2D eigenvalue weighted by Gasteiger charge is -2.03. The van der Waals surface area contributed by atoms with Gasteiger partial charge in [-0.2, -0.15) is 4.13 Å². The van der Waals surface area contributed by atoms with Crippen LogP contribution in [0, 0.1) is 6.92 Å². The second-order valence-electron chi connectivity index (χ2n) is 2.72. The summed E-state index contributed by atoms with van der Waals surface area (Å²) in [7, 11) is -3.13. The van der Waals surface area contributed by atoms with Crippen LogP contribution in [0.3, 0.4) is 0 Å². The van der Waals surface area contributed by atoms with Gasteiger partial charge in [-0.15, -0.1) is 0 Å². The monoisotopic (exact) mass is 217 g/mol. The Kier molecular flexibility index (Phi) is 3.35. The zero-order valence-corrected chi connectivity index (χ0v) is 9.08. The maximum atomic E-state index is 10.8. The zero-order chi connectivity index (χ0) is 9.90. The smallest absolute Gasteiger partial charge is 0.212 e. The Morgan fingerprint density at radius 3 is 2.46 bits per heavy atom. The van der Waals surface area contributed by atoms with Crippen LogP contribution in [0.1, 0.15) is 5.56 Å².